The number of aromatic hydroxyl groups is 1. The van der Waals surface area contributed by atoms with Crippen molar-refractivity contribution >= 4 is 17.6 Å². The van der Waals surface area contributed by atoms with Gasteiger partial charge in [0.05, 0.1) is 24.7 Å². The van der Waals surface area contributed by atoms with Gasteiger partial charge < -0.3 is 25.0 Å². The van der Waals surface area contributed by atoms with Gasteiger partial charge in [-0.05, 0) is 54.8 Å². The molecule has 2 heterocycles. The maximum Gasteiger partial charge on any atom is 0.342 e. The summed E-state index contributed by atoms with van der Waals surface area (Å²) in [5.41, 5.74) is 2.96. The third-order valence-corrected chi connectivity index (χ3v) is 5.72. The van der Waals surface area contributed by atoms with Gasteiger partial charge in [-0.2, -0.15) is 9.78 Å². The van der Waals surface area contributed by atoms with Crippen molar-refractivity contribution in [2.45, 2.75) is 25.3 Å². The lowest BCUT2D eigenvalue weighted by molar-refractivity contribution is 0.0988. The number of phenols is 1. The van der Waals surface area contributed by atoms with Crippen molar-refractivity contribution in [1.29, 1.82) is 0 Å². The minimum atomic E-state index is -0.471. The van der Waals surface area contributed by atoms with E-state index in [-0.39, 0.29) is 23.5 Å². The number of carbonyl (C=O) groups excluding carboxylic acids is 2. The summed E-state index contributed by atoms with van der Waals surface area (Å²) in [5, 5.41) is 24.1. The fourth-order valence-corrected chi connectivity index (χ4v) is 3.70. The molecule has 1 saturated carbocycles. The number of phenolic OH excluding ortho intramolecular Hbond substituents is 1. The number of nitrogens with one attached hydrogen (secondary N) is 2. The van der Waals surface area contributed by atoms with E-state index in [1.165, 1.54) is 23.0 Å². The molecule has 0 bridgehead atoms. The zero-order valence-corrected chi connectivity index (χ0v) is 18.9. The second-order valence-electron chi connectivity index (χ2n) is 8.21. The summed E-state index contributed by atoms with van der Waals surface area (Å²) in [6.07, 6.45) is 3.31. The molecule has 0 spiro atoms. The van der Waals surface area contributed by atoms with E-state index in [2.05, 4.69) is 20.9 Å². The third-order valence-electron chi connectivity index (χ3n) is 5.72. The Kier molecular flexibility index (Phi) is 5.92. The fourth-order valence-electron chi connectivity index (χ4n) is 3.70. The van der Waals surface area contributed by atoms with E-state index in [9.17, 15) is 14.7 Å². The lowest BCUT2D eigenvalue weighted by atomic mass is 10.1. The molecule has 10 nitrogen and oxygen atoms in total. The first-order valence-corrected chi connectivity index (χ1v) is 11.1. The quantitative estimate of drug-likeness (QED) is 0.344. The van der Waals surface area contributed by atoms with Crippen LogP contribution >= 0.6 is 0 Å². The summed E-state index contributed by atoms with van der Waals surface area (Å²) in [4.78, 5) is 25.3. The number of carbonyl (C=O) groups is 2. The minimum absolute atomic E-state index is 0.0201. The number of hydrogen-bond donors (Lipinski definition) is 3. The van der Waals surface area contributed by atoms with E-state index in [4.69, 9.17) is 9.26 Å². The average molecular weight is 473 g/mol. The number of amides is 2. The maximum atomic E-state index is 13.0. The molecule has 3 N–H and O–H groups in total. The first-order valence-electron chi connectivity index (χ1n) is 11.1. The molecule has 2 amide bonds. The Balaban J connectivity index is 1.37. The largest absolute Gasteiger partial charge is 0.507 e. The molecule has 0 atom stereocenters. The Hall–Kier alpha value is -4.60. The zero-order chi connectivity index (χ0) is 24.4. The number of aromatic nitrogens is 3. The van der Waals surface area contributed by atoms with Crippen LogP contribution in [0.3, 0.4) is 0 Å². The van der Waals surface area contributed by atoms with E-state index in [1.54, 1.807) is 19.2 Å². The molecule has 2 aromatic carbocycles. The summed E-state index contributed by atoms with van der Waals surface area (Å²) < 4.78 is 11.4. The molecule has 5 rings (SSSR count). The number of methoxy groups -OCH3 is 1. The van der Waals surface area contributed by atoms with Crippen LogP contribution in [0.5, 0.6) is 11.5 Å². The maximum absolute atomic E-state index is 13.0. The van der Waals surface area contributed by atoms with Crippen molar-refractivity contribution in [3.8, 4) is 22.8 Å². The summed E-state index contributed by atoms with van der Waals surface area (Å²) in [6.45, 7) is 0.330. The molecule has 1 fully saturated rings. The standard InChI is InChI=1S/C25H23N5O5/c1-34-18-7-2-15(3-8-18)14-26-25(33)30-21(16-4-5-16)13-20(29-30)19-12-17(6-9-22(19)31)28-24(32)23-10-11-27-35-23/h2-3,6-13,16,31H,4-5,14H2,1H3,(H,26,33)(H,28,32). The highest BCUT2D eigenvalue weighted by Gasteiger charge is 2.31. The highest BCUT2D eigenvalue weighted by atomic mass is 16.5. The monoisotopic (exact) mass is 473 g/mol. The van der Waals surface area contributed by atoms with Gasteiger partial charge in [-0.15, -0.1) is 0 Å². The first kappa shape index (κ1) is 22.2. The van der Waals surface area contributed by atoms with Crippen molar-refractivity contribution in [2.75, 3.05) is 12.4 Å². The average Bonchev–Trinajstić information content (AvgIpc) is 3.38. The SMILES string of the molecule is COc1ccc(CNC(=O)n2nc(-c3cc(NC(=O)c4ccno4)ccc3O)cc2C2CC2)cc1. The lowest BCUT2D eigenvalue weighted by Gasteiger charge is -2.09. The number of ether oxygens (including phenoxy) is 1. The van der Waals surface area contributed by atoms with Gasteiger partial charge in [0, 0.05) is 29.8 Å². The fraction of sp³-hybridized carbons (Fsp3) is 0.200. The number of rotatable bonds is 7. The van der Waals surface area contributed by atoms with Gasteiger partial charge >= 0.3 is 6.03 Å². The van der Waals surface area contributed by atoms with Crippen LogP contribution in [0.25, 0.3) is 11.3 Å². The second-order valence-corrected chi connectivity index (χ2v) is 8.21. The number of hydrogen-bond acceptors (Lipinski definition) is 7. The molecule has 178 valence electrons. The predicted molar refractivity (Wildman–Crippen MR) is 126 cm³/mol. The van der Waals surface area contributed by atoms with E-state index in [0.717, 1.165) is 29.8 Å². The summed E-state index contributed by atoms with van der Waals surface area (Å²) in [5.74, 6) is 0.550. The lowest BCUT2D eigenvalue weighted by Crippen LogP contribution is -2.30. The molecule has 10 heteroatoms. The molecule has 0 saturated heterocycles. The molecule has 4 aromatic rings. The molecule has 1 aliphatic carbocycles. The molecule has 35 heavy (non-hydrogen) atoms. The Labute approximate surface area is 200 Å². The molecular weight excluding hydrogens is 450 g/mol. The van der Waals surface area contributed by atoms with Gasteiger partial charge in [-0.1, -0.05) is 17.3 Å². The van der Waals surface area contributed by atoms with Crippen molar-refractivity contribution < 1.29 is 24.0 Å². The van der Waals surface area contributed by atoms with Gasteiger partial charge in [0.15, 0.2) is 0 Å². The number of nitrogens with zero attached hydrogens (tertiary/aromatic N) is 3. The highest BCUT2D eigenvalue weighted by molar-refractivity contribution is 6.02. The van der Waals surface area contributed by atoms with Crippen LogP contribution in [0.2, 0.25) is 0 Å². The Morgan fingerprint density at radius 2 is 1.94 bits per heavy atom. The minimum Gasteiger partial charge on any atom is -0.507 e. The van der Waals surface area contributed by atoms with Gasteiger partial charge in [0.25, 0.3) is 5.91 Å². The second kappa shape index (κ2) is 9.34. The van der Waals surface area contributed by atoms with Crippen molar-refractivity contribution in [2.24, 2.45) is 0 Å². The Morgan fingerprint density at radius 1 is 1.14 bits per heavy atom. The first-order chi connectivity index (χ1) is 17.0. The van der Waals surface area contributed by atoms with Crippen LogP contribution in [0.1, 0.15) is 40.6 Å². The van der Waals surface area contributed by atoms with Gasteiger partial charge in [-0.3, -0.25) is 4.79 Å². The third kappa shape index (κ3) is 4.86. The molecule has 0 radical (unpaired) electrons. The predicted octanol–water partition coefficient (Wildman–Crippen LogP) is 4.14. The summed E-state index contributed by atoms with van der Waals surface area (Å²) >= 11 is 0. The molecule has 0 unspecified atom stereocenters. The van der Waals surface area contributed by atoms with Crippen molar-refractivity contribution in [1.82, 2.24) is 20.3 Å². The van der Waals surface area contributed by atoms with E-state index in [0.29, 0.717) is 23.5 Å². The van der Waals surface area contributed by atoms with Crippen molar-refractivity contribution in [3.63, 3.8) is 0 Å². The van der Waals surface area contributed by atoms with Crippen LogP contribution in [-0.4, -0.2) is 39.1 Å². The summed E-state index contributed by atoms with van der Waals surface area (Å²) in [7, 11) is 1.60. The highest BCUT2D eigenvalue weighted by Crippen LogP contribution is 2.42. The van der Waals surface area contributed by atoms with Gasteiger partial charge in [-0.25, -0.2) is 4.79 Å². The molecule has 1 aliphatic rings. The van der Waals surface area contributed by atoms with Gasteiger partial charge in [0.1, 0.15) is 11.5 Å². The van der Waals surface area contributed by atoms with Crippen LogP contribution < -0.4 is 15.4 Å². The van der Waals surface area contributed by atoms with E-state index < -0.39 is 5.91 Å². The van der Waals surface area contributed by atoms with E-state index >= 15 is 0 Å². The normalized spacial score (nSPS) is 12.8. The van der Waals surface area contributed by atoms with Crippen LogP contribution in [0.15, 0.2) is 65.3 Å². The Bertz CT molecular complexity index is 1360. The van der Waals surface area contributed by atoms with Crippen LogP contribution in [-0.2, 0) is 6.54 Å². The van der Waals surface area contributed by atoms with Crippen molar-refractivity contribution in [3.05, 3.63) is 77.8 Å². The molecule has 2 aromatic heterocycles. The number of benzene rings is 2. The topological polar surface area (TPSA) is 132 Å². The number of anilines is 1. The molecule has 0 aliphatic heterocycles. The van der Waals surface area contributed by atoms with Gasteiger partial charge in [0.2, 0.25) is 5.76 Å². The van der Waals surface area contributed by atoms with Crippen LogP contribution in [0, 0.1) is 0 Å². The van der Waals surface area contributed by atoms with Crippen LogP contribution in [0.4, 0.5) is 10.5 Å². The Morgan fingerprint density at radius 3 is 2.63 bits per heavy atom. The zero-order valence-electron chi connectivity index (χ0n) is 18.9. The smallest absolute Gasteiger partial charge is 0.342 e. The molecular formula is C25H23N5O5. The van der Waals surface area contributed by atoms with E-state index in [1.807, 2.05) is 30.3 Å². The summed E-state index contributed by atoms with van der Waals surface area (Å²) in [6, 6.07) is 15.0.